The summed E-state index contributed by atoms with van der Waals surface area (Å²) in [4.78, 5) is 8.90. The molecule has 9 aliphatic heterocycles. The zero-order valence-electron chi connectivity index (χ0n) is 42.4. The Kier molecular flexibility index (Phi) is 22.4. The van der Waals surface area contributed by atoms with E-state index in [2.05, 4.69) is 77.0 Å². The second-order valence-corrected chi connectivity index (χ2v) is 28.5. The van der Waals surface area contributed by atoms with Crippen molar-refractivity contribution in [2.24, 2.45) is 0 Å². The van der Waals surface area contributed by atoms with Crippen molar-refractivity contribution in [3.8, 4) is 0 Å². The van der Waals surface area contributed by atoms with Crippen molar-refractivity contribution in [3.05, 3.63) is 0 Å². The number of nitrogens with zero attached hydrogens (tertiary/aromatic N) is 4. The molecule has 0 aromatic heterocycles. The molecule has 6 bridgehead atoms. The maximum absolute atomic E-state index is 11.2. The van der Waals surface area contributed by atoms with Gasteiger partial charge in [-0.1, -0.05) is 0 Å². The van der Waals surface area contributed by atoms with Gasteiger partial charge in [0.25, 0.3) is 0 Å². The molecule has 9 aliphatic rings. The molecule has 9 heterocycles. The van der Waals surface area contributed by atoms with E-state index in [-0.39, 0.29) is 94.4 Å². The standard InChI is InChI=1S/C45H90N4O15Si3/c1-34-19-46-20-35(2)57-65(56-34,58-36(3)21-46)16-10-13-53-31-43(50)28-49(29-44(51)32-54-14-11-17-66-59-37(4)22-47(23-38(5)60-66)24-39(6)61-66)30-45(52)33-55-15-12-18-67-62-40(7)25-48(26-41(8)63-67)27-42(9)64-67/h34-45,50-52H,10-33H2,1-9H3. The van der Waals surface area contributed by atoms with Crippen LogP contribution in [0.4, 0.5) is 0 Å². The van der Waals surface area contributed by atoms with Crippen molar-refractivity contribution >= 4 is 26.4 Å². The summed E-state index contributed by atoms with van der Waals surface area (Å²) in [5, 5.41) is 33.7. The molecule has 0 radical (unpaired) electrons. The van der Waals surface area contributed by atoms with Crippen LogP contribution >= 0.6 is 0 Å². The first-order valence-corrected chi connectivity index (χ1v) is 31.4. The Morgan fingerprint density at radius 3 is 0.776 bits per heavy atom. The molecule has 0 aromatic carbocycles. The van der Waals surface area contributed by atoms with Crippen LogP contribution in [0, 0.1) is 0 Å². The Bertz CT molecular complexity index is 1170. The van der Waals surface area contributed by atoms with Gasteiger partial charge in [0.05, 0.1) is 93.1 Å². The maximum Gasteiger partial charge on any atom is 0.501 e. The van der Waals surface area contributed by atoms with Crippen LogP contribution in [0.1, 0.15) is 81.6 Å². The molecule has 0 spiro atoms. The molecule has 9 saturated heterocycles. The SMILES string of the molecule is CC1CN2CC(C)O[Si](CCCOCC(O)CN(CC(O)COCCC[Si]34OC(C)CN(CC(C)O3)CC(C)O4)CC(O)COCCC[Si]34OC(C)CN(CC(C)O3)CC(C)O4)(O1)OC(C)C2. The van der Waals surface area contributed by atoms with Gasteiger partial charge < -0.3 is 69.4 Å². The molecule has 12 unspecified atom stereocenters. The van der Waals surface area contributed by atoms with E-state index in [4.69, 9.17) is 54.0 Å². The fourth-order valence-corrected chi connectivity index (χ4v) is 20.4. The molecule has 392 valence electrons. The quantitative estimate of drug-likeness (QED) is 0.0943. The van der Waals surface area contributed by atoms with E-state index in [1.165, 1.54) is 0 Å². The van der Waals surface area contributed by atoms with Crippen molar-refractivity contribution in [2.75, 3.05) is 118 Å². The monoisotopic (exact) mass is 1010 g/mol. The summed E-state index contributed by atoms with van der Waals surface area (Å²) in [6, 6.07) is 1.89. The molecular formula is C45H90N4O15Si3. The van der Waals surface area contributed by atoms with Crippen molar-refractivity contribution in [1.29, 1.82) is 0 Å². The first-order valence-electron chi connectivity index (χ1n) is 25.6. The fourth-order valence-electron chi connectivity index (χ4n) is 10.9. The first kappa shape index (κ1) is 56.2. The van der Waals surface area contributed by atoms with Gasteiger partial charge >= 0.3 is 26.4 Å². The van der Waals surface area contributed by atoms with Gasteiger partial charge in [-0.25, -0.2) is 0 Å². The number of hydrogen-bond acceptors (Lipinski definition) is 19. The summed E-state index contributed by atoms with van der Waals surface area (Å²) in [5.74, 6) is 0. The first-order chi connectivity index (χ1) is 31.9. The minimum absolute atomic E-state index is 0.0130. The third kappa shape index (κ3) is 18.7. The molecule has 67 heavy (non-hydrogen) atoms. The van der Waals surface area contributed by atoms with Gasteiger partial charge in [-0.2, -0.15) is 0 Å². The Balaban J connectivity index is 0.967. The highest BCUT2D eigenvalue weighted by atomic mass is 28.4. The lowest BCUT2D eigenvalue weighted by Gasteiger charge is -2.45. The number of aliphatic hydroxyl groups excluding tert-OH is 3. The lowest BCUT2D eigenvalue weighted by atomic mass is 10.2. The molecule has 0 saturated carbocycles. The highest BCUT2D eigenvalue weighted by Crippen LogP contribution is 2.32. The number of hydrogen-bond donors (Lipinski definition) is 3. The van der Waals surface area contributed by atoms with Crippen molar-refractivity contribution < 1.29 is 69.4 Å². The van der Waals surface area contributed by atoms with Gasteiger partial charge in [0.15, 0.2) is 0 Å². The van der Waals surface area contributed by atoms with Gasteiger partial charge in [-0.05, 0) is 81.6 Å². The van der Waals surface area contributed by atoms with Crippen LogP contribution in [0.2, 0.25) is 18.1 Å². The molecule has 0 aromatic rings. The van der Waals surface area contributed by atoms with Crippen LogP contribution in [0.15, 0.2) is 0 Å². The maximum atomic E-state index is 11.2. The summed E-state index contributed by atoms with van der Waals surface area (Å²) < 4.78 is 76.5. The van der Waals surface area contributed by atoms with Crippen molar-refractivity contribution in [2.45, 2.75) is 173 Å². The second kappa shape index (κ2) is 26.7. The summed E-state index contributed by atoms with van der Waals surface area (Å²) in [5.41, 5.74) is 0. The van der Waals surface area contributed by atoms with Crippen LogP contribution in [0.5, 0.6) is 0 Å². The zero-order valence-corrected chi connectivity index (χ0v) is 45.4. The van der Waals surface area contributed by atoms with E-state index in [1.807, 2.05) is 4.90 Å². The molecule has 0 aliphatic carbocycles. The summed E-state index contributed by atoms with van der Waals surface area (Å²) >= 11 is 0. The van der Waals surface area contributed by atoms with Gasteiger partial charge in [-0.15, -0.1) is 0 Å². The van der Waals surface area contributed by atoms with Crippen LogP contribution < -0.4 is 0 Å². The Hall–Kier alpha value is -0.109. The highest BCUT2D eigenvalue weighted by Gasteiger charge is 2.51. The molecule has 22 heteroatoms. The molecule has 19 nitrogen and oxygen atoms in total. The third-order valence-electron chi connectivity index (χ3n) is 12.7. The topological polar surface area (TPSA) is 184 Å². The van der Waals surface area contributed by atoms with Crippen LogP contribution in [0.3, 0.4) is 0 Å². The smallest absolute Gasteiger partial charge is 0.389 e. The number of fused-ring (bicyclic) bond motifs is 18. The minimum atomic E-state index is -2.94. The largest absolute Gasteiger partial charge is 0.501 e. The van der Waals surface area contributed by atoms with Crippen LogP contribution in [-0.4, -0.2) is 253 Å². The predicted molar refractivity (Wildman–Crippen MR) is 257 cm³/mol. The number of rotatable bonds is 24. The fraction of sp³-hybridized carbons (Fsp3) is 1.00. The second-order valence-electron chi connectivity index (χ2n) is 20.8. The highest BCUT2D eigenvalue weighted by molar-refractivity contribution is 6.61. The lowest BCUT2D eigenvalue weighted by molar-refractivity contribution is -0.0805. The number of ether oxygens (including phenoxy) is 3. The van der Waals surface area contributed by atoms with Gasteiger partial charge in [0.2, 0.25) is 0 Å². The summed E-state index contributed by atoms with van der Waals surface area (Å²) in [7, 11) is -8.81. The Morgan fingerprint density at radius 1 is 0.388 bits per heavy atom. The van der Waals surface area contributed by atoms with E-state index in [9.17, 15) is 15.3 Å². The Labute approximate surface area is 405 Å². The molecule has 12 atom stereocenters. The summed E-state index contributed by atoms with van der Waals surface area (Å²) in [6.45, 7) is 28.4. The molecular weight excluding hydrogens is 921 g/mol. The molecule has 9 rings (SSSR count). The van der Waals surface area contributed by atoms with Crippen molar-refractivity contribution in [3.63, 3.8) is 0 Å². The average molecular weight is 1010 g/mol. The number of aliphatic hydroxyl groups is 3. The van der Waals surface area contributed by atoms with E-state index >= 15 is 0 Å². The molecule has 3 N–H and O–H groups in total. The molecule has 0 amide bonds. The van der Waals surface area contributed by atoms with Gasteiger partial charge in [0, 0.05) is 116 Å². The van der Waals surface area contributed by atoms with E-state index in [0.29, 0.717) is 57.2 Å². The van der Waals surface area contributed by atoms with Crippen molar-refractivity contribution in [1.82, 2.24) is 19.6 Å². The van der Waals surface area contributed by atoms with Gasteiger partial charge in [0.1, 0.15) is 0 Å². The predicted octanol–water partition coefficient (Wildman–Crippen LogP) is 2.04. The molecule has 9 fully saturated rings. The van der Waals surface area contributed by atoms with E-state index < -0.39 is 44.7 Å². The van der Waals surface area contributed by atoms with Gasteiger partial charge in [-0.3, -0.25) is 19.6 Å². The summed E-state index contributed by atoms with van der Waals surface area (Å²) in [6.07, 6.45) is -0.511. The van der Waals surface area contributed by atoms with Crippen LogP contribution in [0.25, 0.3) is 0 Å². The average Bonchev–Trinajstić information content (AvgIpc) is 3.16. The van der Waals surface area contributed by atoms with E-state index in [0.717, 1.165) is 58.9 Å². The minimum Gasteiger partial charge on any atom is -0.389 e. The third-order valence-corrected chi connectivity index (χ3v) is 22.5. The zero-order chi connectivity index (χ0) is 48.2. The lowest BCUT2D eigenvalue weighted by Crippen LogP contribution is -2.61. The normalized spacial score (nSPS) is 41.0. The van der Waals surface area contributed by atoms with Crippen LogP contribution in [-0.2, 0) is 54.0 Å². The Morgan fingerprint density at radius 2 is 0.582 bits per heavy atom. The van der Waals surface area contributed by atoms with E-state index in [1.54, 1.807) is 0 Å².